The van der Waals surface area contributed by atoms with Crippen molar-refractivity contribution in [2.24, 2.45) is 10.9 Å². The molecule has 2 heterocycles. The first kappa shape index (κ1) is 14.7. The fourth-order valence-electron chi connectivity index (χ4n) is 2.23. The second kappa shape index (κ2) is 5.71. The molecule has 1 aliphatic rings. The zero-order valence-electron chi connectivity index (χ0n) is 10.6. The van der Waals surface area contributed by atoms with Crippen LogP contribution in [0, 0.1) is 5.82 Å². The summed E-state index contributed by atoms with van der Waals surface area (Å²) in [6.07, 6.45) is 3.00. The van der Waals surface area contributed by atoms with E-state index in [2.05, 4.69) is 10.1 Å². The number of rotatable bonds is 3. The minimum absolute atomic E-state index is 0.180. The summed E-state index contributed by atoms with van der Waals surface area (Å²) in [4.78, 5) is 3.60. The van der Waals surface area contributed by atoms with E-state index < -0.39 is 26.9 Å². The third-order valence-electron chi connectivity index (χ3n) is 3.19. The summed E-state index contributed by atoms with van der Waals surface area (Å²) in [6.45, 7) is 0.180. The fourth-order valence-corrected chi connectivity index (χ4v) is 3.88. The summed E-state index contributed by atoms with van der Waals surface area (Å²) in [5.74, 6) is -1.12. The van der Waals surface area contributed by atoms with Gasteiger partial charge in [-0.05, 0) is 25.0 Å². The van der Waals surface area contributed by atoms with Gasteiger partial charge < -0.3 is 10.9 Å². The summed E-state index contributed by atoms with van der Waals surface area (Å²) in [6, 6.07) is 1.56. The van der Waals surface area contributed by atoms with E-state index in [1.807, 2.05) is 0 Å². The average Bonchev–Trinajstić information content (AvgIpc) is 2.46. The van der Waals surface area contributed by atoms with Crippen molar-refractivity contribution in [3.05, 3.63) is 24.1 Å². The molecule has 1 saturated heterocycles. The number of nitrogens with zero attached hydrogens (tertiary/aromatic N) is 3. The zero-order chi connectivity index (χ0) is 14.8. The van der Waals surface area contributed by atoms with Gasteiger partial charge in [-0.15, -0.1) is 0 Å². The fraction of sp³-hybridized carbons (Fsp3) is 0.455. The monoisotopic (exact) mass is 302 g/mol. The number of piperidine rings is 1. The highest BCUT2D eigenvalue weighted by Gasteiger charge is 2.38. The minimum atomic E-state index is -4.12. The van der Waals surface area contributed by atoms with Gasteiger partial charge in [0.05, 0.1) is 6.04 Å². The van der Waals surface area contributed by atoms with Crippen LogP contribution in [0.15, 0.2) is 28.5 Å². The lowest BCUT2D eigenvalue weighted by atomic mass is 10.0. The molecule has 2 rings (SSSR count). The Bertz CT molecular complexity index is 620. The molecule has 1 fully saturated rings. The second-order valence-corrected chi connectivity index (χ2v) is 6.25. The minimum Gasteiger partial charge on any atom is -0.409 e. The number of sulfonamides is 1. The molecule has 0 spiro atoms. The van der Waals surface area contributed by atoms with Gasteiger partial charge in [-0.1, -0.05) is 11.6 Å². The lowest BCUT2D eigenvalue weighted by Crippen LogP contribution is -2.50. The van der Waals surface area contributed by atoms with Gasteiger partial charge in [0.25, 0.3) is 10.0 Å². The van der Waals surface area contributed by atoms with Crippen molar-refractivity contribution in [3.8, 4) is 0 Å². The number of nitrogens with two attached hydrogens (primary N) is 1. The number of halogens is 1. The highest BCUT2D eigenvalue weighted by molar-refractivity contribution is 7.89. The highest BCUT2D eigenvalue weighted by atomic mass is 32.2. The summed E-state index contributed by atoms with van der Waals surface area (Å²) in [5, 5.41) is 11.0. The number of oxime groups is 1. The van der Waals surface area contributed by atoms with Crippen LogP contribution < -0.4 is 5.73 Å². The van der Waals surface area contributed by atoms with Gasteiger partial charge in [0.1, 0.15) is 0 Å². The molecule has 9 heteroatoms. The second-order valence-electron chi connectivity index (χ2n) is 4.44. The van der Waals surface area contributed by atoms with Crippen LogP contribution in [0.4, 0.5) is 4.39 Å². The van der Waals surface area contributed by atoms with Crippen molar-refractivity contribution in [3.63, 3.8) is 0 Å². The Morgan fingerprint density at radius 3 is 2.95 bits per heavy atom. The van der Waals surface area contributed by atoms with Gasteiger partial charge in [-0.25, -0.2) is 17.8 Å². The highest BCUT2D eigenvalue weighted by Crippen LogP contribution is 2.25. The Labute approximate surface area is 116 Å². The summed E-state index contributed by atoms with van der Waals surface area (Å²) < 4.78 is 39.6. The molecule has 3 N–H and O–H groups in total. The third kappa shape index (κ3) is 2.59. The number of aromatic nitrogens is 1. The van der Waals surface area contributed by atoms with Crippen molar-refractivity contribution in [2.75, 3.05) is 6.54 Å². The van der Waals surface area contributed by atoms with Crippen LogP contribution in [0.5, 0.6) is 0 Å². The molecule has 0 aromatic carbocycles. The molecule has 1 aromatic heterocycles. The number of pyridine rings is 1. The first-order valence-electron chi connectivity index (χ1n) is 6.08. The molecule has 1 aliphatic heterocycles. The van der Waals surface area contributed by atoms with Gasteiger partial charge >= 0.3 is 0 Å². The molecule has 1 unspecified atom stereocenters. The van der Waals surface area contributed by atoms with Gasteiger partial charge in [-0.2, -0.15) is 4.31 Å². The average molecular weight is 302 g/mol. The van der Waals surface area contributed by atoms with Crippen molar-refractivity contribution in [1.29, 1.82) is 0 Å². The van der Waals surface area contributed by atoms with Gasteiger partial charge in [0.15, 0.2) is 11.7 Å². The van der Waals surface area contributed by atoms with E-state index in [0.717, 1.165) is 16.8 Å². The van der Waals surface area contributed by atoms with Crippen LogP contribution in [0.1, 0.15) is 19.3 Å². The Morgan fingerprint density at radius 1 is 1.55 bits per heavy atom. The van der Waals surface area contributed by atoms with E-state index in [1.165, 1.54) is 12.3 Å². The largest absolute Gasteiger partial charge is 0.409 e. The standard InChI is InChI=1S/C11H15FN4O3S/c12-8-4-3-6-14-11(8)20(18,19)16-7-2-1-5-9(16)10(13)15-17/h3-4,6,9,17H,1-2,5,7H2,(H2,13,15). The number of hydrogen-bond donors (Lipinski definition) is 2. The molecule has 1 atom stereocenters. The van der Waals surface area contributed by atoms with E-state index in [9.17, 15) is 12.8 Å². The zero-order valence-corrected chi connectivity index (χ0v) is 11.4. The Balaban J connectivity index is 2.44. The molecular formula is C11H15FN4O3S. The van der Waals surface area contributed by atoms with Gasteiger partial charge in [0.2, 0.25) is 5.03 Å². The number of hydrogen-bond acceptors (Lipinski definition) is 5. The molecule has 7 nitrogen and oxygen atoms in total. The van der Waals surface area contributed by atoms with E-state index in [0.29, 0.717) is 12.8 Å². The Hall–Kier alpha value is -1.74. The summed E-state index contributed by atoms with van der Waals surface area (Å²) >= 11 is 0. The predicted molar refractivity (Wildman–Crippen MR) is 69.1 cm³/mol. The molecule has 0 aliphatic carbocycles. The first-order chi connectivity index (χ1) is 9.48. The van der Waals surface area contributed by atoms with Crippen LogP contribution in [0.2, 0.25) is 0 Å². The molecule has 0 amide bonds. The maximum atomic E-state index is 13.7. The molecule has 0 saturated carbocycles. The topological polar surface area (TPSA) is 109 Å². The lowest BCUT2D eigenvalue weighted by Gasteiger charge is -2.33. The molecule has 110 valence electrons. The summed E-state index contributed by atoms with van der Waals surface area (Å²) in [5.41, 5.74) is 5.53. The predicted octanol–water partition coefficient (Wildman–Crippen LogP) is 0.510. The van der Waals surface area contributed by atoms with Crippen LogP contribution in [-0.4, -0.2) is 41.3 Å². The van der Waals surface area contributed by atoms with Crippen LogP contribution in [-0.2, 0) is 10.0 Å². The van der Waals surface area contributed by atoms with E-state index in [1.54, 1.807) is 0 Å². The molecular weight excluding hydrogens is 287 g/mol. The van der Waals surface area contributed by atoms with E-state index in [4.69, 9.17) is 10.9 Å². The maximum absolute atomic E-state index is 13.7. The smallest absolute Gasteiger partial charge is 0.264 e. The SMILES string of the molecule is N/C(=N/O)C1CCCCN1S(=O)(=O)c1ncccc1F. The van der Waals surface area contributed by atoms with Crippen LogP contribution in [0.3, 0.4) is 0 Å². The van der Waals surface area contributed by atoms with Crippen LogP contribution >= 0.6 is 0 Å². The third-order valence-corrected chi connectivity index (χ3v) is 5.03. The maximum Gasteiger partial charge on any atom is 0.264 e. The number of amidine groups is 1. The Morgan fingerprint density at radius 2 is 2.30 bits per heavy atom. The van der Waals surface area contributed by atoms with Crippen molar-refractivity contribution < 1.29 is 18.0 Å². The molecule has 0 bridgehead atoms. The van der Waals surface area contributed by atoms with Gasteiger partial charge in [-0.3, -0.25) is 0 Å². The molecule has 20 heavy (non-hydrogen) atoms. The van der Waals surface area contributed by atoms with E-state index >= 15 is 0 Å². The molecule has 1 aromatic rings. The van der Waals surface area contributed by atoms with Crippen molar-refractivity contribution in [2.45, 2.75) is 30.3 Å². The van der Waals surface area contributed by atoms with Crippen molar-refractivity contribution in [1.82, 2.24) is 9.29 Å². The van der Waals surface area contributed by atoms with E-state index in [-0.39, 0.29) is 12.4 Å². The molecule has 0 radical (unpaired) electrons. The van der Waals surface area contributed by atoms with Gasteiger partial charge in [0, 0.05) is 12.7 Å². The summed E-state index contributed by atoms with van der Waals surface area (Å²) in [7, 11) is -4.12. The normalized spacial score (nSPS) is 21.9. The first-order valence-corrected chi connectivity index (χ1v) is 7.52. The van der Waals surface area contributed by atoms with Crippen LogP contribution in [0.25, 0.3) is 0 Å². The van der Waals surface area contributed by atoms with Crippen molar-refractivity contribution >= 4 is 15.9 Å². The Kier molecular flexibility index (Phi) is 4.19. The lowest BCUT2D eigenvalue weighted by molar-refractivity contribution is 0.280. The quantitative estimate of drug-likeness (QED) is 0.366.